The maximum atomic E-state index is 13.9. The molecule has 0 aliphatic heterocycles. The van der Waals surface area contributed by atoms with E-state index in [1.165, 1.54) is 12.1 Å². The molecule has 1 amide bonds. The van der Waals surface area contributed by atoms with Gasteiger partial charge in [-0.2, -0.15) is 0 Å². The average molecular weight is 407 g/mol. The van der Waals surface area contributed by atoms with Gasteiger partial charge in [0.05, 0.1) is 12.3 Å². The number of nitrogens with one attached hydrogen (secondary N) is 1. The van der Waals surface area contributed by atoms with Gasteiger partial charge in [0.25, 0.3) is 5.91 Å². The Bertz CT molecular complexity index is 1020. The number of amides is 1. The van der Waals surface area contributed by atoms with Crippen LogP contribution in [0.2, 0.25) is 0 Å². The van der Waals surface area contributed by atoms with Crippen molar-refractivity contribution < 1.29 is 18.7 Å². The highest BCUT2D eigenvalue weighted by molar-refractivity contribution is 6.04. The summed E-state index contributed by atoms with van der Waals surface area (Å²) in [6, 6.07) is 19.1. The third kappa shape index (κ3) is 5.17. The molecule has 30 heavy (non-hydrogen) atoms. The van der Waals surface area contributed by atoms with Crippen molar-refractivity contribution >= 4 is 11.6 Å². The largest absolute Gasteiger partial charge is 0.493 e. The van der Waals surface area contributed by atoms with Crippen molar-refractivity contribution in [1.29, 1.82) is 0 Å². The Hall–Kier alpha value is -3.34. The molecule has 4 nitrogen and oxygen atoms in total. The number of halogens is 1. The second-order valence-corrected chi connectivity index (χ2v) is 7.17. The number of hydrogen-bond acceptors (Lipinski definition) is 3. The summed E-state index contributed by atoms with van der Waals surface area (Å²) in [7, 11) is 0. The summed E-state index contributed by atoms with van der Waals surface area (Å²) >= 11 is 0. The maximum Gasteiger partial charge on any atom is 0.255 e. The third-order valence-corrected chi connectivity index (χ3v) is 4.67. The van der Waals surface area contributed by atoms with E-state index >= 15 is 0 Å². The lowest BCUT2D eigenvalue weighted by molar-refractivity contribution is 0.102. The molecule has 0 aromatic heterocycles. The van der Waals surface area contributed by atoms with E-state index in [0.29, 0.717) is 23.8 Å². The predicted molar refractivity (Wildman–Crippen MR) is 117 cm³/mol. The van der Waals surface area contributed by atoms with Crippen LogP contribution in [0.5, 0.6) is 11.5 Å². The molecule has 3 rings (SSSR count). The number of hydrogen-bond donors (Lipinski definition) is 1. The first-order valence-electron chi connectivity index (χ1n) is 10.0. The second-order valence-electron chi connectivity index (χ2n) is 7.17. The van der Waals surface area contributed by atoms with Gasteiger partial charge in [0, 0.05) is 11.1 Å². The Labute approximate surface area is 176 Å². The summed E-state index contributed by atoms with van der Waals surface area (Å²) in [5.41, 5.74) is 2.40. The Balaban J connectivity index is 1.83. The molecule has 0 spiro atoms. The number of carbonyl (C=O) groups is 1. The zero-order valence-corrected chi connectivity index (χ0v) is 17.4. The Morgan fingerprint density at radius 2 is 1.70 bits per heavy atom. The number of benzene rings is 3. The van der Waals surface area contributed by atoms with Gasteiger partial charge in [0.1, 0.15) is 23.9 Å². The molecule has 3 aromatic rings. The fourth-order valence-corrected chi connectivity index (χ4v) is 3.13. The normalized spacial score (nSPS) is 10.7. The monoisotopic (exact) mass is 407 g/mol. The van der Waals surface area contributed by atoms with E-state index in [2.05, 4.69) is 19.2 Å². The van der Waals surface area contributed by atoms with Crippen molar-refractivity contribution in [1.82, 2.24) is 0 Å². The van der Waals surface area contributed by atoms with Crippen LogP contribution in [-0.2, 0) is 6.61 Å². The third-order valence-electron chi connectivity index (χ3n) is 4.67. The summed E-state index contributed by atoms with van der Waals surface area (Å²) < 4.78 is 25.6. The first-order valence-corrected chi connectivity index (χ1v) is 10.0. The van der Waals surface area contributed by atoms with Crippen LogP contribution in [0.4, 0.5) is 10.1 Å². The van der Waals surface area contributed by atoms with Crippen LogP contribution in [0, 0.1) is 5.82 Å². The molecule has 156 valence electrons. The maximum absolute atomic E-state index is 13.9. The molecular formula is C25H26FNO3. The predicted octanol–water partition coefficient (Wildman–Crippen LogP) is 6.18. The van der Waals surface area contributed by atoms with Crippen LogP contribution in [0.3, 0.4) is 0 Å². The van der Waals surface area contributed by atoms with Gasteiger partial charge in [0.2, 0.25) is 0 Å². The van der Waals surface area contributed by atoms with E-state index in [4.69, 9.17) is 9.47 Å². The lowest BCUT2D eigenvalue weighted by Crippen LogP contribution is -2.14. The summed E-state index contributed by atoms with van der Waals surface area (Å²) in [6.07, 6.45) is 0. The summed E-state index contributed by atoms with van der Waals surface area (Å²) in [5.74, 6) is 0.904. The first kappa shape index (κ1) is 21.4. The smallest absolute Gasteiger partial charge is 0.255 e. The molecule has 0 aliphatic carbocycles. The molecule has 0 heterocycles. The van der Waals surface area contributed by atoms with Crippen molar-refractivity contribution in [3.8, 4) is 11.5 Å². The van der Waals surface area contributed by atoms with Gasteiger partial charge in [-0.25, -0.2) is 4.39 Å². The first-order chi connectivity index (χ1) is 14.5. The standard InChI is InChI=1S/C25H26FNO3/c1-4-29-23-14-13-18(25(28)27-22-11-7-6-10-21(22)26)15-19(23)16-30-24-12-8-5-9-20(24)17(2)3/h5-15,17H,4,16H2,1-3H3,(H,27,28). The van der Waals surface area contributed by atoms with Gasteiger partial charge in [-0.3, -0.25) is 4.79 Å². The quantitative estimate of drug-likeness (QED) is 0.485. The van der Waals surface area contributed by atoms with Crippen LogP contribution < -0.4 is 14.8 Å². The van der Waals surface area contributed by atoms with Crippen LogP contribution >= 0.6 is 0 Å². The molecule has 1 N–H and O–H groups in total. The number of para-hydroxylation sites is 2. The van der Waals surface area contributed by atoms with Crippen molar-refractivity contribution in [2.24, 2.45) is 0 Å². The lowest BCUT2D eigenvalue weighted by atomic mass is 10.0. The fourth-order valence-electron chi connectivity index (χ4n) is 3.13. The van der Waals surface area contributed by atoms with E-state index in [9.17, 15) is 9.18 Å². The van der Waals surface area contributed by atoms with Crippen molar-refractivity contribution in [2.75, 3.05) is 11.9 Å². The molecule has 0 saturated carbocycles. The van der Waals surface area contributed by atoms with Gasteiger partial charge in [0.15, 0.2) is 0 Å². The topological polar surface area (TPSA) is 47.6 Å². The molecule has 3 aromatic carbocycles. The van der Waals surface area contributed by atoms with Crippen LogP contribution in [0.25, 0.3) is 0 Å². The minimum atomic E-state index is -0.481. The Morgan fingerprint density at radius 3 is 2.43 bits per heavy atom. The van der Waals surface area contributed by atoms with E-state index in [1.54, 1.807) is 30.3 Å². The van der Waals surface area contributed by atoms with E-state index in [0.717, 1.165) is 16.9 Å². The average Bonchev–Trinajstić information content (AvgIpc) is 2.75. The zero-order chi connectivity index (χ0) is 21.5. The highest BCUT2D eigenvalue weighted by Gasteiger charge is 2.14. The Morgan fingerprint density at radius 1 is 0.967 bits per heavy atom. The minimum absolute atomic E-state index is 0.139. The zero-order valence-electron chi connectivity index (χ0n) is 17.4. The number of anilines is 1. The minimum Gasteiger partial charge on any atom is -0.493 e. The van der Waals surface area contributed by atoms with Crippen molar-refractivity contribution in [3.63, 3.8) is 0 Å². The molecule has 0 unspecified atom stereocenters. The SMILES string of the molecule is CCOc1ccc(C(=O)Nc2ccccc2F)cc1COc1ccccc1C(C)C. The highest BCUT2D eigenvalue weighted by atomic mass is 19.1. The van der Waals surface area contributed by atoms with Crippen LogP contribution in [0.15, 0.2) is 66.7 Å². The van der Waals surface area contributed by atoms with E-state index in [1.807, 2.05) is 31.2 Å². The van der Waals surface area contributed by atoms with Crippen LogP contribution in [-0.4, -0.2) is 12.5 Å². The summed E-state index contributed by atoms with van der Waals surface area (Å²) in [5, 5.41) is 2.61. The second kappa shape index (κ2) is 9.92. The number of rotatable bonds is 8. The molecule has 5 heteroatoms. The summed E-state index contributed by atoms with van der Waals surface area (Å²) in [4.78, 5) is 12.6. The van der Waals surface area contributed by atoms with Gasteiger partial charge in [-0.15, -0.1) is 0 Å². The van der Waals surface area contributed by atoms with E-state index in [-0.39, 0.29) is 12.3 Å². The van der Waals surface area contributed by atoms with Gasteiger partial charge in [-0.05, 0) is 54.8 Å². The molecular weight excluding hydrogens is 381 g/mol. The molecule has 0 aliphatic rings. The highest BCUT2D eigenvalue weighted by Crippen LogP contribution is 2.28. The van der Waals surface area contributed by atoms with Gasteiger partial charge in [-0.1, -0.05) is 44.2 Å². The fraction of sp³-hybridized carbons (Fsp3) is 0.240. The van der Waals surface area contributed by atoms with E-state index < -0.39 is 11.7 Å². The van der Waals surface area contributed by atoms with Gasteiger partial charge < -0.3 is 14.8 Å². The number of carbonyl (C=O) groups excluding carboxylic acids is 1. The van der Waals surface area contributed by atoms with Gasteiger partial charge >= 0.3 is 0 Å². The molecule has 0 bridgehead atoms. The molecule has 0 atom stereocenters. The van der Waals surface area contributed by atoms with Crippen LogP contribution in [0.1, 0.15) is 48.2 Å². The van der Waals surface area contributed by atoms with Crippen molar-refractivity contribution in [2.45, 2.75) is 33.3 Å². The summed E-state index contributed by atoms with van der Waals surface area (Å²) in [6.45, 7) is 6.87. The van der Waals surface area contributed by atoms with Crippen molar-refractivity contribution in [3.05, 3.63) is 89.2 Å². The lowest BCUT2D eigenvalue weighted by Gasteiger charge is -2.16. The number of ether oxygens (including phenoxy) is 2. The molecule has 0 radical (unpaired) electrons. The molecule has 0 saturated heterocycles. The Kier molecular flexibility index (Phi) is 7.07. The molecule has 0 fully saturated rings.